The van der Waals surface area contributed by atoms with E-state index in [1.165, 1.54) is 0 Å². The van der Waals surface area contributed by atoms with E-state index in [0.29, 0.717) is 0 Å². The Morgan fingerprint density at radius 3 is 2.46 bits per heavy atom. The molecule has 0 heterocycles. The minimum atomic E-state index is -3.79. The molecule has 1 aromatic carbocycles. The van der Waals surface area contributed by atoms with Crippen LogP contribution in [0, 0.1) is 17.7 Å². The van der Waals surface area contributed by atoms with Gasteiger partial charge in [0.25, 0.3) is 0 Å². The quantitative estimate of drug-likeness (QED) is 0.682. The summed E-state index contributed by atoms with van der Waals surface area (Å²) in [6.07, 6.45) is 0.760. The second-order valence-electron chi connectivity index (χ2n) is 2.27. The maximum absolute atomic E-state index is 12.7. The van der Waals surface area contributed by atoms with Gasteiger partial charge in [0.1, 0.15) is 5.82 Å². The molecule has 0 aliphatic heterocycles. The minimum Gasteiger partial charge on any atom is -0.379 e. The summed E-state index contributed by atoms with van der Waals surface area (Å²) in [6, 6.07) is 3.37. The summed E-state index contributed by atoms with van der Waals surface area (Å²) in [4.78, 5) is 0. The van der Waals surface area contributed by atoms with E-state index < -0.39 is 27.5 Å². The molecule has 0 aliphatic carbocycles. The van der Waals surface area contributed by atoms with Gasteiger partial charge in [0, 0.05) is 0 Å². The molecule has 71 valence electrons. The van der Waals surface area contributed by atoms with Crippen molar-refractivity contribution in [3.63, 3.8) is 0 Å². The number of halogens is 2. The van der Waals surface area contributed by atoms with Gasteiger partial charge >= 0.3 is 10.1 Å². The van der Waals surface area contributed by atoms with E-state index in [1.807, 2.05) is 0 Å². The van der Waals surface area contributed by atoms with Crippen LogP contribution >= 0.6 is 0 Å². The highest BCUT2D eigenvalue weighted by atomic mass is 32.2. The molecule has 0 bridgehead atoms. The predicted octanol–water partition coefficient (Wildman–Crippen LogP) is 1.10. The van der Waals surface area contributed by atoms with Crippen molar-refractivity contribution in [1.82, 2.24) is 0 Å². The maximum Gasteiger partial charge on any atom is 0.306 e. The standard InChI is InChI=1S/C7H5F2O3S/c1-13(10,11)12-7-3-2-5(8)4-6(7)9/h2-3H,1H3. The zero-order valence-corrected chi connectivity index (χ0v) is 7.36. The Labute approximate surface area is 74.1 Å². The molecule has 6 heteroatoms. The fourth-order valence-corrected chi connectivity index (χ4v) is 1.11. The lowest BCUT2D eigenvalue weighted by Gasteiger charge is -2.02. The van der Waals surface area contributed by atoms with Gasteiger partial charge in [-0.3, -0.25) is 0 Å². The third kappa shape index (κ3) is 2.98. The summed E-state index contributed by atoms with van der Waals surface area (Å²) < 4.78 is 50.2. The van der Waals surface area contributed by atoms with Gasteiger partial charge in [-0.25, -0.2) is 8.78 Å². The number of hydrogen-bond donors (Lipinski definition) is 0. The first kappa shape index (κ1) is 9.91. The highest BCUT2D eigenvalue weighted by molar-refractivity contribution is 7.86. The molecule has 0 aromatic heterocycles. The summed E-state index contributed by atoms with van der Waals surface area (Å²) in [5.74, 6) is -2.66. The fraction of sp³-hybridized carbons (Fsp3) is 0.143. The number of hydrogen-bond acceptors (Lipinski definition) is 3. The van der Waals surface area contributed by atoms with Crippen LogP contribution in [0.25, 0.3) is 0 Å². The van der Waals surface area contributed by atoms with Gasteiger partial charge in [-0.05, 0) is 12.1 Å². The molecule has 3 nitrogen and oxygen atoms in total. The van der Waals surface area contributed by atoms with Gasteiger partial charge in [-0.1, -0.05) is 0 Å². The van der Waals surface area contributed by atoms with Crippen LogP contribution in [-0.4, -0.2) is 14.7 Å². The van der Waals surface area contributed by atoms with Crippen molar-refractivity contribution < 1.29 is 21.4 Å². The third-order valence-electron chi connectivity index (χ3n) is 1.07. The molecule has 1 aromatic rings. The van der Waals surface area contributed by atoms with Crippen LogP contribution in [0.3, 0.4) is 0 Å². The van der Waals surface area contributed by atoms with Crippen molar-refractivity contribution in [2.45, 2.75) is 0 Å². The van der Waals surface area contributed by atoms with E-state index in [1.54, 1.807) is 6.07 Å². The van der Waals surface area contributed by atoms with Crippen molar-refractivity contribution in [1.29, 1.82) is 0 Å². The van der Waals surface area contributed by atoms with Crippen molar-refractivity contribution >= 4 is 10.1 Å². The molecular weight excluding hydrogens is 202 g/mol. The summed E-state index contributed by atoms with van der Waals surface area (Å²) >= 11 is 0. The topological polar surface area (TPSA) is 43.4 Å². The smallest absolute Gasteiger partial charge is 0.306 e. The average Bonchev–Trinajstić information content (AvgIpc) is 1.93. The Kier molecular flexibility index (Phi) is 2.51. The van der Waals surface area contributed by atoms with Crippen LogP contribution in [0.4, 0.5) is 8.78 Å². The summed E-state index contributed by atoms with van der Waals surface area (Å²) in [5.41, 5.74) is 0. The van der Waals surface area contributed by atoms with Crippen LogP contribution in [0.2, 0.25) is 0 Å². The second kappa shape index (κ2) is 3.29. The largest absolute Gasteiger partial charge is 0.379 e. The van der Waals surface area contributed by atoms with Crippen LogP contribution < -0.4 is 4.18 Å². The lowest BCUT2D eigenvalue weighted by molar-refractivity contribution is 0.461. The SMILES string of the molecule is CS(=O)(=O)Oc1ccc(F)[c]c1F. The molecule has 0 saturated carbocycles. The molecule has 1 rings (SSSR count). The normalized spacial score (nSPS) is 11.3. The van der Waals surface area contributed by atoms with E-state index in [2.05, 4.69) is 4.18 Å². The fourth-order valence-electron chi connectivity index (χ4n) is 0.658. The molecule has 0 unspecified atom stereocenters. The van der Waals surface area contributed by atoms with E-state index in [0.717, 1.165) is 18.4 Å². The van der Waals surface area contributed by atoms with Crippen LogP contribution in [-0.2, 0) is 10.1 Å². The van der Waals surface area contributed by atoms with Crippen molar-refractivity contribution in [3.05, 3.63) is 29.8 Å². The van der Waals surface area contributed by atoms with Crippen molar-refractivity contribution in [3.8, 4) is 5.75 Å². The Hall–Kier alpha value is -1.17. The monoisotopic (exact) mass is 207 g/mol. The lowest BCUT2D eigenvalue weighted by Crippen LogP contribution is -2.07. The second-order valence-corrected chi connectivity index (χ2v) is 3.85. The highest BCUT2D eigenvalue weighted by Gasteiger charge is 2.10. The summed E-state index contributed by atoms with van der Waals surface area (Å²) in [7, 11) is -3.79. The van der Waals surface area contributed by atoms with Gasteiger partial charge in [-0.2, -0.15) is 8.42 Å². The van der Waals surface area contributed by atoms with E-state index in [-0.39, 0.29) is 0 Å². The third-order valence-corrected chi connectivity index (χ3v) is 1.55. The molecule has 0 atom stereocenters. The van der Waals surface area contributed by atoms with Gasteiger partial charge < -0.3 is 4.18 Å². The Balaban J connectivity index is 3.04. The van der Waals surface area contributed by atoms with Crippen LogP contribution in [0.15, 0.2) is 12.1 Å². The summed E-state index contributed by atoms with van der Waals surface area (Å²) in [5, 5.41) is 0. The molecule has 0 amide bonds. The van der Waals surface area contributed by atoms with Gasteiger partial charge in [-0.15, -0.1) is 0 Å². The minimum absolute atomic E-state index is 0.566. The number of rotatable bonds is 2. The maximum atomic E-state index is 12.7. The van der Waals surface area contributed by atoms with Gasteiger partial charge in [0.2, 0.25) is 0 Å². The zero-order valence-electron chi connectivity index (χ0n) is 6.54. The van der Waals surface area contributed by atoms with E-state index in [9.17, 15) is 17.2 Å². The van der Waals surface area contributed by atoms with Crippen molar-refractivity contribution in [2.24, 2.45) is 0 Å². The van der Waals surface area contributed by atoms with E-state index in [4.69, 9.17) is 0 Å². The molecule has 1 radical (unpaired) electrons. The first-order valence-electron chi connectivity index (χ1n) is 3.15. The molecule has 13 heavy (non-hydrogen) atoms. The molecular formula is C7H5F2O3S. The lowest BCUT2D eigenvalue weighted by atomic mass is 10.3. The number of benzene rings is 1. The van der Waals surface area contributed by atoms with Gasteiger partial charge in [0.15, 0.2) is 11.6 Å². The van der Waals surface area contributed by atoms with Crippen LogP contribution in [0.5, 0.6) is 5.75 Å². The first-order valence-corrected chi connectivity index (χ1v) is 4.97. The van der Waals surface area contributed by atoms with E-state index >= 15 is 0 Å². The highest BCUT2D eigenvalue weighted by Crippen LogP contribution is 2.18. The van der Waals surface area contributed by atoms with Crippen LogP contribution in [0.1, 0.15) is 0 Å². The molecule has 0 spiro atoms. The van der Waals surface area contributed by atoms with Crippen molar-refractivity contribution in [2.75, 3.05) is 6.26 Å². The molecule has 0 fully saturated rings. The predicted molar refractivity (Wildman–Crippen MR) is 40.7 cm³/mol. The Bertz CT molecular complexity index is 414. The average molecular weight is 207 g/mol. The Morgan fingerprint density at radius 2 is 2.00 bits per heavy atom. The Morgan fingerprint density at radius 1 is 1.38 bits per heavy atom. The zero-order chi connectivity index (χ0) is 10.1. The molecule has 0 saturated heterocycles. The summed E-state index contributed by atoms with van der Waals surface area (Å²) in [6.45, 7) is 0. The van der Waals surface area contributed by atoms with Gasteiger partial charge in [0.05, 0.1) is 12.3 Å². The first-order chi connectivity index (χ1) is 5.88. The molecule has 0 N–H and O–H groups in total. The molecule has 0 aliphatic rings.